The zero-order valence-electron chi connectivity index (χ0n) is 13.0. The Kier molecular flexibility index (Phi) is 3.94. The quantitative estimate of drug-likeness (QED) is 0.803. The Hall–Kier alpha value is -2.40. The van der Waals surface area contributed by atoms with E-state index in [0.29, 0.717) is 6.04 Å². The first-order valence-electron chi connectivity index (χ1n) is 8.12. The highest BCUT2D eigenvalue weighted by atomic mass is 16.3. The van der Waals surface area contributed by atoms with Gasteiger partial charge in [0.2, 0.25) is 0 Å². The molecule has 3 heterocycles. The highest BCUT2D eigenvalue weighted by molar-refractivity contribution is 5.77. The van der Waals surface area contributed by atoms with Crippen LogP contribution < -0.4 is 10.2 Å². The molecular weight excluding hydrogens is 288 g/mol. The maximum absolute atomic E-state index is 5.87. The van der Waals surface area contributed by atoms with Gasteiger partial charge >= 0.3 is 0 Å². The van der Waals surface area contributed by atoms with Crippen LogP contribution in [0.15, 0.2) is 53.1 Å². The van der Waals surface area contributed by atoms with Crippen LogP contribution in [0.1, 0.15) is 18.6 Å². The molecule has 0 bridgehead atoms. The van der Waals surface area contributed by atoms with Crippen LogP contribution in [0.25, 0.3) is 11.0 Å². The van der Waals surface area contributed by atoms with Gasteiger partial charge in [-0.3, -0.25) is 0 Å². The van der Waals surface area contributed by atoms with Crippen molar-refractivity contribution in [2.45, 2.75) is 25.4 Å². The van der Waals surface area contributed by atoms with Crippen LogP contribution in [0.5, 0.6) is 0 Å². The lowest BCUT2D eigenvalue weighted by molar-refractivity contribution is 0.399. The maximum atomic E-state index is 5.87. The molecule has 1 fully saturated rings. The second-order valence-electron chi connectivity index (χ2n) is 6.00. The molecule has 1 N–H and O–H groups in total. The zero-order valence-corrected chi connectivity index (χ0v) is 13.0. The monoisotopic (exact) mass is 308 g/mol. The number of furan rings is 1. The van der Waals surface area contributed by atoms with Gasteiger partial charge in [-0.2, -0.15) is 5.10 Å². The number of piperidine rings is 1. The minimum absolute atomic E-state index is 0.443. The average Bonchev–Trinajstić information content (AvgIpc) is 3.04. The molecule has 5 nitrogen and oxygen atoms in total. The normalized spacial score (nSPS) is 18.4. The van der Waals surface area contributed by atoms with Crippen molar-refractivity contribution in [1.29, 1.82) is 0 Å². The Bertz CT molecular complexity index is 738. The molecule has 23 heavy (non-hydrogen) atoms. The molecule has 0 spiro atoms. The first kappa shape index (κ1) is 14.2. The smallest absolute Gasteiger partial charge is 0.151 e. The molecule has 1 aliphatic rings. The third kappa shape index (κ3) is 3.19. The molecule has 0 unspecified atom stereocenters. The van der Waals surface area contributed by atoms with E-state index in [4.69, 9.17) is 4.42 Å². The third-order valence-electron chi connectivity index (χ3n) is 4.35. The van der Waals surface area contributed by atoms with Crippen molar-refractivity contribution in [2.75, 3.05) is 18.0 Å². The van der Waals surface area contributed by atoms with Gasteiger partial charge in [0, 0.05) is 30.7 Å². The van der Waals surface area contributed by atoms with Crippen LogP contribution in [0.4, 0.5) is 5.82 Å². The minimum atomic E-state index is 0.443. The molecule has 2 aromatic heterocycles. The van der Waals surface area contributed by atoms with Gasteiger partial charge in [-0.15, -0.1) is 5.10 Å². The predicted octanol–water partition coefficient (Wildman–Crippen LogP) is 2.98. The lowest BCUT2D eigenvalue weighted by atomic mass is 10.1. The maximum Gasteiger partial charge on any atom is 0.151 e. The van der Waals surface area contributed by atoms with E-state index in [1.54, 1.807) is 6.20 Å². The standard InChI is InChI=1S/C18H20N4O/c1-2-7-17-14(5-1)11-16(23-17)12-19-15-6-4-10-22(13-15)18-8-3-9-20-21-18/h1-3,5,7-9,11,15,19H,4,6,10,12-13H2/t15-/m1/s1. The van der Waals surface area contributed by atoms with Gasteiger partial charge in [-0.1, -0.05) is 18.2 Å². The van der Waals surface area contributed by atoms with Crippen LogP contribution in [0.3, 0.4) is 0 Å². The van der Waals surface area contributed by atoms with Crippen molar-refractivity contribution in [3.05, 3.63) is 54.4 Å². The van der Waals surface area contributed by atoms with Crippen molar-refractivity contribution in [1.82, 2.24) is 15.5 Å². The third-order valence-corrected chi connectivity index (χ3v) is 4.35. The summed E-state index contributed by atoms with van der Waals surface area (Å²) < 4.78 is 5.87. The number of fused-ring (bicyclic) bond motifs is 1. The number of aromatic nitrogens is 2. The number of nitrogens with one attached hydrogen (secondary N) is 1. The van der Waals surface area contributed by atoms with Crippen LogP contribution >= 0.6 is 0 Å². The minimum Gasteiger partial charge on any atom is -0.460 e. The fourth-order valence-corrected chi connectivity index (χ4v) is 3.18. The summed E-state index contributed by atoms with van der Waals surface area (Å²) in [6.07, 6.45) is 4.05. The summed E-state index contributed by atoms with van der Waals surface area (Å²) in [6.45, 7) is 2.76. The molecule has 0 amide bonds. The van der Waals surface area contributed by atoms with Crippen LogP contribution in [-0.4, -0.2) is 29.3 Å². The summed E-state index contributed by atoms with van der Waals surface area (Å²) >= 11 is 0. The van der Waals surface area contributed by atoms with Gasteiger partial charge in [-0.25, -0.2) is 0 Å². The van der Waals surface area contributed by atoms with E-state index in [2.05, 4.69) is 32.5 Å². The van der Waals surface area contributed by atoms with Crippen LogP contribution in [0.2, 0.25) is 0 Å². The average molecular weight is 308 g/mol. The zero-order chi connectivity index (χ0) is 15.5. The van der Waals surface area contributed by atoms with Crippen molar-refractivity contribution in [2.24, 2.45) is 0 Å². The van der Waals surface area contributed by atoms with E-state index in [9.17, 15) is 0 Å². The summed E-state index contributed by atoms with van der Waals surface area (Å²) in [6, 6.07) is 14.7. The fraction of sp³-hybridized carbons (Fsp3) is 0.333. The second kappa shape index (κ2) is 6.38. The molecular formula is C18H20N4O. The van der Waals surface area contributed by atoms with E-state index < -0.39 is 0 Å². The van der Waals surface area contributed by atoms with E-state index in [1.165, 1.54) is 6.42 Å². The highest BCUT2D eigenvalue weighted by Gasteiger charge is 2.21. The Morgan fingerprint density at radius 1 is 1.22 bits per heavy atom. The van der Waals surface area contributed by atoms with Gasteiger partial charge in [0.15, 0.2) is 5.82 Å². The number of para-hydroxylation sites is 1. The summed E-state index contributed by atoms with van der Waals surface area (Å²) in [5.74, 6) is 1.95. The molecule has 1 aliphatic heterocycles. The Morgan fingerprint density at radius 2 is 2.17 bits per heavy atom. The van der Waals surface area contributed by atoms with Gasteiger partial charge in [0.1, 0.15) is 11.3 Å². The van der Waals surface area contributed by atoms with E-state index in [1.807, 2.05) is 30.3 Å². The predicted molar refractivity (Wildman–Crippen MR) is 90.3 cm³/mol. The van der Waals surface area contributed by atoms with Gasteiger partial charge < -0.3 is 14.6 Å². The molecule has 0 aliphatic carbocycles. The molecule has 1 saturated heterocycles. The molecule has 0 radical (unpaired) electrons. The number of nitrogens with zero attached hydrogens (tertiary/aromatic N) is 3. The van der Waals surface area contributed by atoms with Crippen molar-refractivity contribution in [3.63, 3.8) is 0 Å². The Labute approximate surface area is 135 Å². The number of hydrogen-bond acceptors (Lipinski definition) is 5. The van der Waals surface area contributed by atoms with Crippen LogP contribution in [-0.2, 0) is 6.54 Å². The van der Waals surface area contributed by atoms with Gasteiger partial charge in [0.05, 0.1) is 6.54 Å². The van der Waals surface area contributed by atoms with E-state index in [0.717, 1.165) is 48.6 Å². The van der Waals surface area contributed by atoms with Gasteiger partial charge in [0.25, 0.3) is 0 Å². The molecule has 118 valence electrons. The largest absolute Gasteiger partial charge is 0.460 e. The lowest BCUT2D eigenvalue weighted by Gasteiger charge is -2.33. The van der Waals surface area contributed by atoms with Gasteiger partial charge in [-0.05, 0) is 37.1 Å². The first-order chi connectivity index (χ1) is 11.4. The summed E-state index contributed by atoms with van der Waals surface area (Å²) in [7, 11) is 0. The number of rotatable bonds is 4. The van der Waals surface area contributed by atoms with Crippen molar-refractivity contribution < 1.29 is 4.42 Å². The molecule has 5 heteroatoms. The van der Waals surface area contributed by atoms with Crippen LogP contribution in [0, 0.1) is 0 Å². The van der Waals surface area contributed by atoms with Crippen molar-refractivity contribution >= 4 is 16.8 Å². The van der Waals surface area contributed by atoms with E-state index >= 15 is 0 Å². The molecule has 3 aromatic rings. The molecule has 1 aromatic carbocycles. The second-order valence-corrected chi connectivity index (χ2v) is 6.00. The summed E-state index contributed by atoms with van der Waals surface area (Å²) in [4.78, 5) is 2.30. The fourth-order valence-electron chi connectivity index (χ4n) is 3.18. The van der Waals surface area contributed by atoms with E-state index in [-0.39, 0.29) is 0 Å². The summed E-state index contributed by atoms with van der Waals surface area (Å²) in [5.41, 5.74) is 0.953. The Balaban J connectivity index is 1.38. The number of anilines is 1. The van der Waals surface area contributed by atoms with Crippen molar-refractivity contribution in [3.8, 4) is 0 Å². The number of hydrogen-bond donors (Lipinski definition) is 1. The Morgan fingerprint density at radius 3 is 3.04 bits per heavy atom. The highest BCUT2D eigenvalue weighted by Crippen LogP contribution is 2.20. The topological polar surface area (TPSA) is 54.2 Å². The number of benzene rings is 1. The molecule has 1 atom stereocenters. The first-order valence-corrected chi connectivity index (χ1v) is 8.12. The lowest BCUT2D eigenvalue weighted by Crippen LogP contribution is -2.45. The molecule has 0 saturated carbocycles. The molecule has 4 rings (SSSR count). The summed E-state index contributed by atoms with van der Waals surface area (Å²) in [5, 5.41) is 13.0. The SMILES string of the molecule is c1cnnc(N2CCC[C@@H](NCc3cc4ccccc4o3)C2)c1.